The second-order valence-corrected chi connectivity index (χ2v) is 5.82. The first kappa shape index (κ1) is 12.2. The minimum atomic E-state index is -0.817. The van der Waals surface area contributed by atoms with Crippen LogP contribution >= 0.6 is 11.3 Å². The first-order valence-corrected chi connectivity index (χ1v) is 6.98. The van der Waals surface area contributed by atoms with Gasteiger partial charge < -0.3 is 10.4 Å². The summed E-state index contributed by atoms with van der Waals surface area (Å²) in [5.41, 5.74) is -0.0941. The fourth-order valence-electron chi connectivity index (χ4n) is 2.12. The second-order valence-electron chi connectivity index (χ2n) is 4.91. The van der Waals surface area contributed by atoms with Gasteiger partial charge in [0, 0.05) is 22.0 Å². The summed E-state index contributed by atoms with van der Waals surface area (Å²) >= 11 is 1.52. The molecule has 0 radical (unpaired) electrons. The monoisotopic (exact) mass is 275 g/mol. The summed E-state index contributed by atoms with van der Waals surface area (Å²) in [5, 5.41) is 14.6. The molecule has 0 atom stereocenters. The lowest BCUT2D eigenvalue weighted by molar-refractivity contribution is -0.143. The van der Waals surface area contributed by atoms with Crippen LogP contribution in [0.1, 0.15) is 23.2 Å². The van der Waals surface area contributed by atoms with E-state index < -0.39 is 11.4 Å². The molecule has 2 aromatic rings. The summed E-state index contributed by atoms with van der Waals surface area (Å²) < 4.78 is 1.06. The number of carbonyl (C=O) groups excluding carboxylic acids is 1. The summed E-state index contributed by atoms with van der Waals surface area (Å²) in [7, 11) is 0. The van der Waals surface area contributed by atoms with Crippen LogP contribution in [0.4, 0.5) is 0 Å². The molecule has 1 aliphatic carbocycles. The molecule has 1 saturated carbocycles. The number of benzene rings is 1. The summed E-state index contributed by atoms with van der Waals surface area (Å²) in [6, 6.07) is 7.71. The van der Waals surface area contributed by atoms with Crippen LogP contribution in [-0.2, 0) is 4.79 Å². The number of carboxylic acids is 1. The minimum Gasteiger partial charge on any atom is -0.481 e. The van der Waals surface area contributed by atoms with Crippen LogP contribution in [-0.4, -0.2) is 23.5 Å². The van der Waals surface area contributed by atoms with Crippen molar-refractivity contribution in [3.8, 4) is 0 Å². The third-order valence-corrected chi connectivity index (χ3v) is 4.58. The van der Waals surface area contributed by atoms with E-state index in [2.05, 4.69) is 5.32 Å². The van der Waals surface area contributed by atoms with Crippen LogP contribution in [0.25, 0.3) is 10.1 Å². The molecule has 0 bridgehead atoms. The lowest BCUT2D eigenvalue weighted by Crippen LogP contribution is -2.34. The molecular formula is C14H13NO3S. The van der Waals surface area contributed by atoms with Crippen molar-refractivity contribution in [2.45, 2.75) is 12.8 Å². The van der Waals surface area contributed by atoms with Gasteiger partial charge in [-0.25, -0.2) is 0 Å². The largest absolute Gasteiger partial charge is 0.481 e. The summed E-state index contributed by atoms with van der Waals surface area (Å²) in [6.07, 6.45) is 1.29. The van der Waals surface area contributed by atoms with Gasteiger partial charge in [0.2, 0.25) is 0 Å². The molecule has 19 heavy (non-hydrogen) atoms. The zero-order chi connectivity index (χ0) is 13.5. The number of nitrogens with one attached hydrogen (secondary N) is 1. The topological polar surface area (TPSA) is 66.4 Å². The van der Waals surface area contributed by atoms with Crippen molar-refractivity contribution in [1.82, 2.24) is 5.32 Å². The number of hydrogen-bond acceptors (Lipinski definition) is 3. The molecule has 1 aromatic carbocycles. The number of aliphatic carboxylic acids is 1. The Morgan fingerprint density at radius 3 is 2.74 bits per heavy atom. The maximum Gasteiger partial charge on any atom is 0.311 e. The minimum absolute atomic E-state index is 0.190. The third kappa shape index (κ3) is 2.10. The van der Waals surface area contributed by atoms with E-state index in [1.165, 1.54) is 11.3 Å². The Balaban J connectivity index is 1.76. The molecule has 4 nitrogen and oxygen atoms in total. The van der Waals surface area contributed by atoms with E-state index >= 15 is 0 Å². The van der Waals surface area contributed by atoms with Crippen molar-refractivity contribution in [1.29, 1.82) is 0 Å². The molecule has 1 aromatic heterocycles. The van der Waals surface area contributed by atoms with Crippen molar-refractivity contribution < 1.29 is 14.7 Å². The summed E-state index contributed by atoms with van der Waals surface area (Å²) in [4.78, 5) is 23.2. The number of carboxylic acid groups (broad SMARTS) is 1. The van der Waals surface area contributed by atoms with Crippen LogP contribution < -0.4 is 5.32 Å². The van der Waals surface area contributed by atoms with E-state index in [-0.39, 0.29) is 12.5 Å². The maximum absolute atomic E-state index is 12.1. The quantitative estimate of drug-likeness (QED) is 0.901. The average Bonchev–Trinajstić information content (AvgIpc) is 3.09. The SMILES string of the molecule is O=C(NCC1(C(=O)O)CC1)c1csc2ccccc12. The third-order valence-electron chi connectivity index (χ3n) is 3.62. The summed E-state index contributed by atoms with van der Waals surface area (Å²) in [6.45, 7) is 0.214. The molecule has 2 N–H and O–H groups in total. The second kappa shape index (κ2) is 4.35. The average molecular weight is 275 g/mol. The fraction of sp³-hybridized carbons (Fsp3) is 0.286. The van der Waals surface area contributed by atoms with E-state index in [4.69, 9.17) is 5.11 Å². The molecule has 1 aliphatic rings. The highest BCUT2D eigenvalue weighted by Crippen LogP contribution is 2.45. The maximum atomic E-state index is 12.1. The van der Waals surface area contributed by atoms with E-state index in [1.807, 2.05) is 29.6 Å². The Bertz CT molecular complexity index is 658. The van der Waals surface area contributed by atoms with E-state index in [1.54, 1.807) is 0 Å². The number of fused-ring (bicyclic) bond motifs is 1. The number of carbonyl (C=O) groups is 2. The molecule has 98 valence electrons. The van der Waals surface area contributed by atoms with Crippen molar-refractivity contribution >= 4 is 33.3 Å². The lowest BCUT2D eigenvalue weighted by Gasteiger charge is -2.10. The molecule has 0 spiro atoms. The normalized spacial score (nSPS) is 16.2. The highest BCUT2D eigenvalue weighted by atomic mass is 32.1. The highest BCUT2D eigenvalue weighted by molar-refractivity contribution is 7.17. The molecule has 0 saturated heterocycles. The van der Waals surface area contributed by atoms with Gasteiger partial charge in [-0.3, -0.25) is 9.59 Å². The lowest BCUT2D eigenvalue weighted by atomic mass is 10.1. The Kier molecular flexibility index (Phi) is 2.78. The van der Waals surface area contributed by atoms with Crippen molar-refractivity contribution in [2.75, 3.05) is 6.54 Å². The molecule has 0 aliphatic heterocycles. The van der Waals surface area contributed by atoms with Crippen molar-refractivity contribution in [3.63, 3.8) is 0 Å². The molecule has 5 heteroatoms. The predicted octanol–water partition coefficient (Wildman–Crippen LogP) is 2.50. The van der Waals surface area contributed by atoms with E-state index in [0.717, 1.165) is 10.1 Å². The number of rotatable bonds is 4. The van der Waals surface area contributed by atoms with Gasteiger partial charge in [0.05, 0.1) is 11.0 Å². The first-order chi connectivity index (χ1) is 9.12. The summed E-state index contributed by atoms with van der Waals surface area (Å²) in [5.74, 6) is -1.01. The molecule has 0 unspecified atom stereocenters. The van der Waals surface area contributed by atoms with Crippen molar-refractivity contribution in [2.24, 2.45) is 5.41 Å². The van der Waals surface area contributed by atoms with Gasteiger partial charge in [0.1, 0.15) is 0 Å². The fourth-order valence-corrected chi connectivity index (χ4v) is 3.06. The Hall–Kier alpha value is -1.88. The van der Waals surface area contributed by atoms with Crippen LogP contribution in [0.3, 0.4) is 0 Å². The van der Waals surface area contributed by atoms with Crippen LogP contribution in [0.5, 0.6) is 0 Å². The van der Waals surface area contributed by atoms with E-state index in [9.17, 15) is 9.59 Å². The Labute approximate surface area is 114 Å². The zero-order valence-corrected chi connectivity index (χ0v) is 11.0. The van der Waals surface area contributed by atoms with Crippen LogP contribution in [0.2, 0.25) is 0 Å². The number of hydrogen-bond donors (Lipinski definition) is 2. The van der Waals surface area contributed by atoms with E-state index in [0.29, 0.717) is 18.4 Å². The standard InChI is InChI=1S/C14H13NO3S/c16-12(15-8-14(5-6-14)13(17)18)10-7-19-11-4-2-1-3-9(10)11/h1-4,7H,5-6,8H2,(H,15,16)(H,17,18). The molecule has 1 amide bonds. The first-order valence-electron chi connectivity index (χ1n) is 6.10. The Morgan fingerprint density at radius 2 is 2.05 bits per heavy atom. The van der Waals surface area contributed by atoms with Gasteiger partial charge >= 0.3 is 5.97 Å². The van der Waals surface area contributed by atoms with Gasteiger partial charge in [0.25, 0.3) is 5.91 Å². The highest BCUT2D eigenvalue weighted by Gasteiger charge is 2.50. The Morgan fingerprint density at radius 1 is 1.32 bits per heavy atom. The van der Waals surface area contributed by atoms with Gasteiger partial charge in [-0.1, -0.05) is 18.2 Å². The van der Waals surface area contributed by atoms with Gasteiger partial charge in [-0.2, -0.15) is 0 Å². The number of amides is 1. The van der Waals surface area contributed by atoms with Gasteiger partial charge in [-0.15, -0.1) is 11.3 Å². The zero-order valence-electron chi connectivity index (χ0n) is 10.2. The molecule has 1 heterocycles. The molecule has 3 rings (SSSR count). The molecular weight excluding hydrogens is 262 g/mol. The van der Waals surface area contributed by atoms with Crippen LogP contribution in [0, 0.1) is 5.41 Å². The van der Waals surface area contributed by atoms with Gasteiger partial charge in [-0.05, 0) is 18.9 Å². The molecule has 1 fully saturated rings. The predicted molar refractivity (Wildman–Crippen MR) is 73.5 cm³/mol. The van der Waals surface area contributed by atoms with Crippen molar-refractivity contribution in [3.05, 3.63) is 35.2 Å². The van der Waals surface area contributed by atoms with Crippen LogP contribution in [0.15, 0.2) is 29.6 Å². The number of thiophene rings is 1. The van der Waals surface area contributed by atoms with Gasteiger partial charge in [0.15, 0.2) is 0 Å². The smallest absolute Gasteiger partial charge is 0.311 e.